The van der Waals surface area contributed by atoms with E-state index in [2.05, 4.69) is 41.5 Å². The number of nitrogens with one attached hydrogen (secondary N) is 2. The molecule has 2 N–H and O–H groups in total. The van der Waals surface area contributed by atoms with E-state index in [4.69, 9.17) is 0 Å². The summed E-state index contributed by atoms with van der Waals surface area (Å²) < 4.78 is 0. The van der Waals surface area contributed by atoms with Gasteiger partial charge in [-0.2, -0.15) is 5.10 Å². The van der Waals surface area contributed by atoms with Gasteiger partial charge in [0.15, 0.2) is 0 Å². The van der Waals surface area contributed by atoms with Crippen molar-refractivity contribution < 1.29 is 0 Å². The van der Waals surface area contributed by atoms with Crippen LogP contribution in [0.15, 0.2) is 18.3 Å². The molecule has 0 amide bonds. The van der Waals surface area contributed by atoms with Crippen LogP contribution in [0.4, 0.5) is 0 Å². The maximum absolute atomic E-state index is 4.16. The lowest BCUT2D eigenvalue weighted by atomic mass is 9.89. The Balaban J connectivity index is 2.06. The van der Waals surface area contributed by atoms with Gasteiger partial charge in [0.25, 0.3) is 0 Å². The molecule has 2 aromatic rings. The molecular weight excluding hydrogens is 210 g/mol. The monoisotopic (exact) mass is 229 g/mol. The van der Waals surface area contributed by atoms with Gasteiger partial charge in [-0.1, -0.05) is 13.0 Å². The Hall–Kier alpha value is -1.35. The highest BCUT2D eigenvalue weighted by molar-refractivity contribution is 5.82. The summed E-state index contributed by atoms with van der Waals surface area (Å²) >= 11 is 0. The number of hydrogen-bond acceptors (Lipinski definition) is 2. The molecule has 0 spiro atoms. The number of aromatic nitrogens is 2. The summed E-state index contributed by atoms with van der Waals surface area (Å²) in [6, 6.07) is 4.95. The minimum atomic E-state index is 0.474. The average Bonchev–Trinajstić information content (AvgIpc) is 2.75. The molecule has 3 heteroatoms. The summed E-state index contributed by atoms with van der Waals surface area (Å²) in [7, 11) is 0. The predicted octanol–water partition coefficient (Wildman–Crippen LogP) is 2.93. The molecule has 17 heavy (non-hydrogen) atoms. The Bertz CT molecular complexity index is 529. The Morgan fingerprint density at radius 3 is 3.06 bits per heavy atom. The number of H-pyrrole nitrogens is 1. The van der Waals surface area contributed by atoms with Crippen LogP contribution in [-0.4, -0.2) is 16.7 Å². The van der Waals surface area contributed by atoms with Gasteiger partial charge in [0.2, 0.25) is 0 Å². The molecule has 0 radical (unpaired) electrons. The van der Waals surface area contributed by atoms with Crippen molar-refractivity contribution in [3.8, 4) is 0 Å². The zero-order valence-electron chi connectivity index (χ0n) is 10.5. The molecular formula is C14H19N3. The number of fused-ring (bicyclic) bond motifs is 1. The van der Waals surface area contributed by atoms with Gasteiger partial charge in [-0.3, -0.25) is 5.10 Å². The molecule has 1 saturated heterocycles. The third-order valence-electron chi connectivity index (χ3n) is 3.77. The van der Waals surface area contributed by atoms with Crippen LogP contribution < -0.4 is 5.32 Å². The van der Waals surface area contributed by atoms with E-state index in [-0.39, 0.29) is 0 Å². The first-order valence-corrected chi connectivity index (χ1v) is 6.41. The molecule has 1 aromatic heterocycles. The standard InChI is InChI=1S/C14H19N3/c1-9-3-4-15-13(7-9)12-6-10(2)5-11-8-16-17-14(11)12/h5-6,8-9,13,15H,3-4,7H2,1-2H3,(H,16,17)/t9-,13?/m0/s1. The van der Waals surface area contributed by atoms with Crippen molar-refractivity contribution >= 4 is 10.9 Å². The van der Waals surface area contributed by atoms with Crippen molar-refractivity contribution in [2.24, 2.45) is 5.92 Å². The van der Waals surface area contributed by atoms with Gasteiger partial charge in [-0.25, -0.2) is 0 Å². The third kappa shape index (κ3) is 1.95. The maximum atomic E-state index is 4.16. The van der Waals surface area contributed by atoms with Crippen molar-refractivity contribution in [3.05, 3.63) is 29.5 Å². The Kier molecular flexibility index (Phi) is 2.63. The molecule has 1 fully saturated rings. The summed E-state index contributed by atoms with van der Waals surface area (Å²) in [4.78, 5) is 0. The van der Waals surface area contributed by atoms with Crippen molar-refractivity contribution in [3.63, 3.8) is 0 Å². The molecule has 2 atom stereocenters. The third-order valence-corrected chi connectivity index (χ3v) is 3.77. The molecule has 1 unspecified atom stereocenters. The van der Waals surface area contributed by atoms with Crippen LogP contribution in [0.2, 0.25) is 0 Å². The highest BCUT2D eigenvalue weighted by atomic mass is 15.1. The fourth-order valence-corrected chi connectivity index (χ4v) is 2.86. The van der Waals surface area contributed by atoms with Gasteiger partial charge in [0.1, 0.15) is 0 Å². The molecule has 90 valence electrons. The minimum absolute atomic E-state index is 0.474. The first kappa shape index (κ1) is 10.8. The Morgan fingerprint density at radius 2 is 2.24 bits per heavy atom. The largest absolute Gasteiger partial charge is 0.310 e. The summed E-state index contributed by atoms with van der Waals surface area (Å²) in [6.45, 7) is 5.62. The van der Waals surface area contributed by atoms with E-state index < -0.39 is 0 Å². The second-order valence-corrected chi connectivity index (χ2v) is 5.32. The molecule has 1 aliphatic rings. The van der Waals surface area contributed by atoms with Crippen molar-refractivity contribution in [2.45, 2.75) is 32.7 Å². The Morgan fingerprint density at radius 1 is 1.35 bits per heavy atom. The number of piperidine rings is 1. The van der Waals surface area contributed by atoms with Crippen molar-refractivity contribution in [1.29, 1.82) is 0 Å². The van der Waals surface area contributed by atoms with Gasteiger partial charge < -0.3 is 5.32 Å². The average molecular weight is 229 g/mol. The lowest BCUT2D eigenvalue weighted by Crippen LogP contribution is -2.30. The van der Waals surface area contributed by atoms with Crippen LogP contribution in [0.25, 0.3) is 10.9 Å². The normalized spacial score (nSPS) is 25.3. The zero-order valence-corrected chi connectivity index (χ0v) is 10.5. The zero-order chi connectivity index (χ0) is 11.8. The van der Waals surface area contributed by atoms with Gasteiger partial charge in [0.05, 0.1) is 11.7 Å². The highest BCUT2D eigenvalue weighted by Crippen LogP contribution is 2.31. The first-order chi connectivity index (χ1) is 8.24. The van der Waals surface area contributed by atoms with Gasteiger partial charge in [-0.05, 0) is 49.4 Å². The number of hydrogen-bond donors (Lipinski definition) is 2. The summed E-state index contributed by atoms with van der Waals surface area (Å²) in [5.74, 6) is 0.805. The number of aromatic amines is 1. The van der Waals surface area contributed by atoms with E-state index in [0.717, 1.165) is 12.5 Å². The van der Waals surface area contributed by atoms with Crippen LogP contribution in [0, 0.1) is 12.8 Å². The van der Waals surface area contributed by atoms with E-state index in [1.807, 2.05) is 6.20 Å². The van der Waals surface area contributed by atoms with E-state index in [1.165, 1.54) is 34.9 Å². The summed E-state index contributed by atoms with van der Waals surface area (Å²) in [5, 5.41) is 12.2. The molecule has 1 aliphatic heterocycles. The van der Waals surface area contributed by atoms with Crippen LogP contribution in [0.3, 0.4) is 0 Å². The van der Waals surface area contributed by atoms with E-state index >= 15 is 0 Å². The van der Waals surface area contributed by atoms with Crippen molar-refractivity contribution in [2.75, 3.05) is 6.54 Å². The second kappa shape index (κ2) is 4.15. The lowest BCUT2D eigenvalue weighted by molar-refractivity contribution is 0.326. The highest BCUT2D eigenvalue weighted by Gasteiger charge is 2.22. The van der Waals surface area contributed by atoms with Gasteiger partial charge in [-0.15, -0.1) is 0 Å². The Labute approximate surface area is 102 Å². The van der Waals surface area contributed by atoms with E-state index in [9.17, 15) is 0 Å². The maximum Gasteiger partial charge on any atom is 0.0698 e. The van der Waals surface area contributed by atoms with Crippen LogP contribution >= 0.6 is 0 Å². The number of nitrogens with zero attached hydrogens (tertiary/aromatic N) is 1. The summed E-state index contributed by atoms with van der Waals surface area (Å²) in [5.41, 5.74) is 3.89. The smallest absolute Gasteiger partial charge is 0.0698 e. The fraction of sp³-hybridized carbons (Fsp3) is 0.500. The van der Waals surface area contributed by atoms with Gasteiger partial charge in [0, 0.05) is 11.4 Å². The predicted molar refractivity (Wildman–Crippen MR) is 70.0 cm³/mol. The molecule has 0 bridgehead atoms. The molecule has 1 aromatic carbocycles. The molecule has 0 aliphatic carbocycles. The van der Waals surface area contributed by atoms with Crippen LogP contribution in [0.1, 0.15) is 36.9 Å². The molecule has 3 rings (SSSR count). The van der Waals surface area contributed by atoms with Crippen LogP contribution in [-0.2, 0) is 0 Å². The summed E-state index contributed by atoms with van der Waals surface area (Å²) in [6.07, 6.45) is 4.42. The number of benzene rings is 1. The fourth-order valence-electron chi connectivity index (χ4n) is 2.86. The quantitative estimate of drug-likeness (QED) is 0.789. The minimum Gasteiger partial charge on any atom is -0.310 e. The lowest BCUT2D eigenvalue weighted by Gasteiger charge is -2.29. The topological polar surface area (TPSA) is 40.7 Å². The van der Waals surface area contributed by atoms with Gasteiger partial charge >= 0.3 is 0 Å². The molecule has 3 nitrogen and oxygen atoms in total. The van der Waals surface area contributed by atoms with Crippen LogP contribution in [0.5, 0.6) is 0 Å². The molecule has 0 saturated carbocycles. The first-order valence-electron chi connectivity index (χ1n) is 6.41. The SMILES string of the molecule is Cc1cc(C2C[C@@H](C)CCN2)c2[nH]ncc2c1. The number of aryl methyl sites for hydroxylation is 1. The number of rotatable bonds is 1. The van der Waals surface area contributed by atoms with Crippen molar-refractivity contribution in [1.82, 2.24) is 15.5 Å². The second-order valence-electron chi connectivity index (χ2n) is 5.32. The van der Waals surface area contributed by atoms with E-state index in [0.29, 0.717) is 6.04 Å². The molecule has 2 heterocycles. The van der Waals surface area contributed by atoms with E-state index in [1.54, 1.807) is 0 Å².